The molecule has 1 aliphatic carbocycles. The fourth-order valence-electron chi connectivity index (χ4n) is 3.59. The lowest BCUT2D eigenvalue weighted by atomic mass is 9.93. The Kier molecular flexibility index (Phi) is 5.83. The lowest BCUT2D eigenvalue weighted by Crippen LogP contribution is -2.51. The van der Waals surface area contributed by atoms with Crippen LogP contribution in [0.3, 0.4) is 0 Å². The largest absolute Gasteiger partial charge is 0.339 e. The van der Waals surface area contributed by atoms with E-state index in [-0.39, 0.29) is 17.7 Å². The first-order valence-corrected chi connectivity index (χ1v) is 8.29. The number of carbonyl (C=O) groups excluding carboxylic acids is 2. The van der Waals surface area contributed by atoms with Gasteiger partial charge in [-0.1, -0.05) is 38.7 Å². The summed E-state index contributed by atoms with van der Waals surface area (Å²) in [6, 6.07) is 0. The minimum absolute atomic E-state index is 0.121. The van der Waals surface area contributed by atoms with Crippen LogP contribution >= 0.6 is 0 Å². The molecule has 0 aromatic heterocycles. The van der Waals surface area contributed by atoms with Crippen LogP contribution < -0.4 is 0 Å². The maximum Gasteiger partial charge on any atom is 0.226 e. The topological polar surface area (TPSA) is 40.6 Å². The van der Waals surface area contributed by atoms with E-state index < -0.39 is 0 Å². The van der Waals surface area contributed by atoms with Crippen molar-refractivity contribution in [3.05, 3.63) is 12.7 Å². The molecule has 21 heavy (non-hydrogen) atoms. The smallest absolute Gasteiger partial charge is 0.226 e. The Hall–Kier alpha value is -1.32. The first-order valence-electron chi connectivity index (χ1n) is 8.29. The third-order valence-corrected chi connectivity index (χ3v) is 4.85. The molecule has 1 aliphatic heterocycles. The summed E-state index contributed by atoms with van der Waals surface area (Å²) in [5.74, 6) is 1.27. The summed E-state index contributed by atoms with van der Waals surface area (Å²) in [4.78, 5) is 28.1. The van der Waals surface area contributed by atoms with Gasteiger partial charge in [-0.3, -0.25) is 9.59 Å². The molecule has 1 saturated carbocycles. The molecular formula is C17H28N2O2. The third kappa shape index (κ3) is 4.32. The predicted molar refractivity (Wildman–Crippen MR) is 83.7 cm³/mol. The van der Waals surface area contributed by atoms with Crippen molar-refractivity contribution in [3.63, 3.8) is 0 Å². The fraction of sp³-hybridized carbons (Fsp3) is 0.765. The minimum atomic E-state index is 0.121. The Morgan fingerprint density at radius 2 is 1.71 bits per heavy atom. The number of carbonyl (C=O) groups is 2. The zero-order valence-corrected chi connectivity index (χ0v) is 13.2. The quantitative estimate of drug-likeness (QED) is 0.730. The van der Waals surface area contributed by atoms with Gasteiger partial charge in [0.1, 0.15) is 0 Å². The molecular weight excluding hydrogens is 264 g/mol. The minimum Gasteiger partial charge on any atom is -0.339 e. The normalized spacial score (nSPS) is 21.4. The van der Waals surface area contributed by atoms with Gasteiger partial charge in [0.2, 0.25) is 11.8 Å². The maximum absolute atomic E-state index is 12.5. The van der Waals surface area contributed by atoms with Crippen LogP contribution in [0.4, 0.5) is 0 Å². The first kappa shape index (κ1) is 16.1. The van der Waals surface area contributed by atoms with Gasteiger partial charge < -0.3 is 9.80 Å². The first-order chi connectivity index (χ1) is 10.1. The van der Waals surface area contributed by atoms with Gasteiger partial charge in [-0.25, -0.2) is 0 Å². The number of amides is 2. The second-order valence-electron chi connectivity index (χ2n) is 6.49. The van der Waals surface area contributed by atoms with Crippen molar-refractivity contribution in [1.29, 1.82) is 0 Å². The summed E-state index contributed by atoms with van der Waals surface area (Å²) in [6.45, 7) is 8.34. The van der Waals surface area contributed by atoms with E-state index in [0.717, 1.165) is 12.3 Å². The van der Waals surface area contributed by atoms with Crippen LogP contribution in [-0.4, -0.2) is 47.8 Å². The van der Waals surface area contributed by atoms with Crippen molar-refractivity contribution in [2.24, 2.45) is 11.8 Å². The molecule has 0 unspecified atom stereocenters. The molecule has 1 atom stereocenters. The van der Waals surface area contributed by atoms with Gasteiger partial charge in [0.05, 0.1) is 0 Å². The van der Waals surface area contributed by atoms with Crippen LogP contribution in [0.2, 0.25) is 0 Å². The molecule has 0 N–H and O–H groups in total. The molecule has 2 amide bonds. The average Bonchev–Trinajstić information content (AvgIpc) is 3.00. The van der Waals surface area contributed by atoms with E-state index in [1.807, 2.05) is 9.80 Å². The zero-order valence-electron chi connectivity index (χ0n) is 13.2. The van der Waals surface area contributed by atoms with E-state index in [1.54, 1.807) is 6.08 Å². The summed E-state index contributed by atoms with van der Waals surface area (Å²) in [6.07, 6.45) is 8.32. The molecule has 0 radical (unpaired) electrons. The van der Waals surface area contributed by atoms with E-state index in [9.17, 15) is 9.59 Å². The monoisotopic (exact) mass is 292 g/mol. The molecule has 0 spiro atoms. The molecule has 4 nitrogen and oxygen atoms in total. The number of hydrogen-bond donors (Lipinski definition) is 0. The van der Waals surface area contributed by atoms with Gasteiger partial charge in [0.25, 0.3) is 0 Å². The Morgan fingerprint density at radius 1 is 1.14 bits per heavy atom. The fourth-order valence-corrected chi connectivity index (χ4v) is 3.59. The second-order valence-corrected chi connectivity index (χ2v) is 6.49. The number of nitrogens with zero attached hydrogens (tertiary/aromatic N) is 2. The van der Waals surface area contributed by atoms with Crippen LogP contribution in [0.15, 0.2) is 12.7 Å². The highest BCUT2D eigenvalue weighted by atomic mass is 16.2. The highest BCUT2D eigenvalue weighted by Crippen LogP contribution is 2.30. The molecule has 0 aromatic rings. The molecule has 1 saturated heterocycles. The van der Waals surface area contributed by atoms with Crippen LogP contribution in [0.5, 0.6) is 0 Å². The standard InChI is InChI=1S/C17H28N2O2/c1-3-6-16(20)18-9-11-19(12-10-18)17(21)14(2)13-15-7-4-5-8-15/h3,14-15H,1,4-13H2,2H3/t14-/m1/s1. The number of piperazine rings is 1. The van der Waals surface area contributed by atoms with Crippen molar-refractivity contribution in [2.45, 2.75) is 45.4 Å². The average molecular weight is 292 g/mol. The van der Waals surface area contributed by atoms with Crippen molar-refractivity contribution >= 4 is 11.8 Å². The van der Waals surface area contributed by atoms with Gasteiger partial charge in [0.15, 0.2) is 0 Å². The molecule has 2 aliphatic rings. The van der Waals surface area contributed by atoms with E-state index in [2.05, 4.69) is 13.5 Å². The summed E-state index contributed by atoms with van der Waals surface area (Å²) in [5, 5.41) is 0. The molecule has 4 heteroatoms. The lowest BCUT2D eigenvalue weighted by Gasteiger charge is -2.36. The molecule has 0 bridgehead atoms. The Labute approximate surface area is 128 Å². The van der Waals surface area contributed by atoms with E-state index in [1.165, 1.54) is 25.7 Å². The predicted octanol–water partition coefficient (Wildman–Crippen LogP) is 2.45. The van der Waals surface area contributed by atoms with Crippen LogP contribution in [0, 0.1) is 11.8 Å². The summed E-state index contributed by atoms with van der Waals surface area (Å²) < 4.78 is 0. The second kappa shape index (κ2) is 7.62. The maximum atomic E-state index is 12.5. The number of rotatable bonds is 5. The molecule has 2 rings (SSSR count). The summed E-state index contributed by atoms with van der Waals surface area (Å²) in [5.41, 5.74) is 0. The van der Waals surface area contributed by atoms with Gasteiger partial charge in [-0.05, 0) is 12.3 Å². The lowest BCUT2D eigenvalue weighted by molar-refractivity contribution is -0.141. The molecule has 1 heterocycles. The summed E-state index contributed by atoms with van der Waals surface area (Å²) >= 11 is 0. The van der Waals surface area contributed by atoms with Gasteiger partial charge in [-0.2, -0.15) is 0 Å². The van der Waals surface area contributed by atoms with Crippen LogP contribution in [0.1, 0.15) is 45.4 Å². The highest BCUT2D eigenvalue weighted by Gasteiger charge is 2.28. The Balaban J connectivity index is 1.76. The Morgan fingerprint density at radius 3 is 2.29 bits per heavy atom. The Bertz CT molecular complexity index is 380. The number of hydrogen-bond acceptors (Lipinski definition) is 2. The van der Waals surface area contributed by atoms with Crippen molar-refractivity contribution < 1.29 is 9.59 Å². The van der Waals surface area contributed by atoms with E-state index >= 15 is 0 Å². The van der Waals surface area contributed by atoms with Crippen LogP contribution in [-0.2, 0) is 9.59 Å². The summed E-state index contributed by atoms with van der Waals surface area (Å²) in [7, 11) is 0. The van der Waals surface area contributed by atoms with Gasteiger partial charge in [-0.15, -0.1) is 6.58 Å². The molecule has 0 aromatic carbocycles. The van der Waals surface area contributed by atoms with E-state index in [4.69, 9.17) is 0 Å². The van der Waals surface area contributed by atoms with Crippen molar-refractivity contribution in [2.75, 3.05) is 26.2 Å². The SMILES string of the molecule is C=CCC(=O)N1CCN(C(=O)[C@H](C)CC2CCCC2)CC1. The van der Waals surface area contributed by atoms with Gasteiger partial charge in [0, 0.05) is 38.5 Å². The van der Waals surface area contributed by atoms with Crippen molar-refractivity contribution in [3.8, 4) is 0 Å². The third-order valence-electron chi connectivity index (χ3n) is 4.85. The molecule has 118 valence electrons. The van der Waals surface area contributed by atoms with E-state index in [0.29, 0.717) is 32.6 Å². The molecule has 2 fully saturated rings. The van der Waals surface area contributed by atoms with Crippen LogP contribution in [0.25, 0.3) is 0 Å². The highest BCUT2D eigenvalue weighted by molar-refractivity contribution is 5.80. The zero-order chi connectivity index (χ0) is 15.2. The van der Waals surface area contributed by atoms with Gasteiger partial charge >= 0.3 is 0 Å². The van der Waals surface area contributed by atoms with Crippen molar-refractivity contribution in [1.82, 2.24) is 9.80 Å².